The van der Waals surface area contributed by atoms with Crippen molar-refractivity contribution >= 4 is 0 Å². The molecule has 2 nitrogen and oxygen atoms in total. The van der Waals surface area contributed by atoms with Crippen LogP contribution in [0.5, 0.6) is 0 Å². The lowest BCUT2D eigenvalue weighted by Gasteiger charge is -2.29. The lowest BCUT2D eigenvalue weighted by molar-refractivity contribution is 0.268. The third-order valence-electron chi connectivity index (χ3n) is 4.00. The molecule has 0 heterocycles. The van der Waals surface area contributed by atoms with E-state index in [2.05, 4.69) is 44.2 Å². The largest absolute Gasteiger partial charge is 0.308 e. The standard InChI is InChI=1S/C16H25FN2/c1-11(2)16(10-19(3)4)18-15-9-8-12-13(15)6-5-7-14(12)17/h5-7,11,15-16,18H,8-10H2,1-4H3. The Morgan fingerprint density at radius 3 is 2.74 bits per heavy atom. The molecule has 0 radical (unpaired) electrons. The summed E-state index contributed by atoms with van der Waals surface area (Å²) < 4.78 is 13.7. The van der Waals surface area contributed by atoms with Crippen LogP contribution < -0.4 is 5.32 Å². The van der Waals surface area contributed by atoms with E-state index in [9.17, 15) is 4.39 Å². The highest BCUT2D eigenvalue weighted by Crippen LogP contribution is 2.33. The Morgan fingerprint density at radius 2 is 2.11 bits per heavy atom. The van der Waals surface area contributed by atoms with Gasteiger partial charge in [0.15, 0.2) is 0 Å². The van der Waals surface area contributed by atoms with Gasteiger partial charge in [0, 0.05) is 18.6 Å². The van der Waals surface area contributed by atoms with Gasteiger partial charge in [0.05, 0.1) is 0 Å². The van der Waals surface area contributed by atoms with Gasteiger partial charge in [-0.1, -0.05) is 26.0 Å². The van der Waals surface area contributed by atoms with E-state index in [0.717, 1.165) is 30.5 Å². The maximum atomic E-state index is 13.7. The average molecular weight is 264 g/mol. The third-order valence-corrected chi connectivity index (χ3v) is 4.00. The van der Waals surface area contributed by atoms with E-state index in [-0.39, 0.29) is 5.82 Å². The fourth-order valence-corrected chi connectivity index (χ4v) is 2.89. The molecule has 2 atom stereocenters. The van der Waals surface area contributed by atoms with Crippen LogP contribution in [0.2, 0.25) is 0 Å². The monoisotopic (exact) mass is 264 g/mol. The molecule has 0 bridgehead atoms. The normalized spacial score (nSPS) is 20.1. The highest BCUT2D eigenvalue weighted by molar-refractivity contribution is 5.35. The van der Waals surface area contributed by atoms with Crippen molar-refractivity contribution in [1.82, 2.24) is 10.2 Å². The number of hydrogen-bond donors (Lipinski definition) is 1. The minimum absolute atomic E-state index is 0.0458. The Hall–Kier alpha value is -0.930. The molecular weight excluding hydrogens is 239 g/mol. The van der Waals surface area contributed by atoms with Crippen molar-refractivity contribution < 1.29 is 4.39 Å². The van der Waals surface area contributed by atoms with Crippen LogP contribution in [0, 0.1) is 11.7 Å². The summed E-state index contributed by atoms with van der Waals surface area (Å²) in [6, 6.07) is 6.20. The minimum Gasteiger partial charge on any atom is -0.308 e. The Labute approximate surface area is 116 Å². The van der Waals surface area contributed by atoms with E-state index >= 15 is 0 Å². The van der Waals surface area contributed by atoms with Crippen LogP contribution >= 0.6 is 0 Å². The van der Waals surface area contributed by atoms with Gasteiger partial charge in [0.2, 0.25) is 0 Å². The molecule has 1 aliphatic carbocycles. The number of likely N-dealkylation sites (N-methyl/N-ethyl adjacent to an activating group) is 1. The van der Waals surface area contributed by atoms with Crippen molar-refractivity contribution in [3.05, 3.63) is 35.1 Å². The van der Waals surface area contributed by atoms with Gasteiger partial charge in [0.1, 0.15) is 5.82 Å². The highest BCUT2D eigenvalue weighted by Gasteiger charge is 2.27. The van der Waals surface area contributed by atoms with E-state index in [4.69, 9.17) is 0 Å². The summed E-state index contributed by atoms with van der Waals surface area (Å²) in [6.07, 6.45) is 1.86. The summed E-state index contributed by atoms with van der Waals surface area (Å²) in [5.74, 6) is 0.524. The van der Waals surface area contributed by atoms with Crippen LogP contribution in [0.15, 0.2) is 18.2 Å². The molecule has 1 aromatic carbocycles. The van der Waals surface area contributed by atoms with Gasteiger partial charge in [-0.15, -0.1) is 0 Å². The van der Waals surface area contributed by atoms with Crippen LogP contribution in [0.3, 0.4) is 0 Å². The lowest BCUT2D eigenvalue weighted by atomic mass is 10.0. The second-order valence-electron chi connectivity index (χ2n) is 6.18. The summed E-state index contributed by atoms with van der Waals surface area (Å²) in [5, 5.41) is 3.72. The molecule has 106 valence electrons. The van der Waals surface area contributed by atoms with Gasteiger partial charge in [-0.25, -0.2) is 4.39 Å². The second kappa shape index (κ2) is 6.02. The Bertz CT molecular complexity index is 429. The Morgan fingerprint density at radius 1 is 1.37 bits per heavy atom. The van der Waals surface area contributed by atoms with Crippen molar-refractivity contribution in [2.45, 2.75) is 38.8 Å². The number of halogens is 1. The summed E-state index contributed by atoms with van der Waals surface area (Å²) in [5.41, 5.74) is 2.07. The number of hydrogen-bond acceptors (Lipinski definition) is 2. The van der Waals surface area contributed by atoms with Gasteiger partial charge in [-0.05, 0) is 50.0 Å². The molecule has 3 heteroatoms. The molecule has 0 saturated heterocycles. The summed E-state index contributed by atoms with van der Waals surface area (Å²) in [4.78, 5) is 2.21. The first-order valence-corrected chi connectivity index (χ1v) is 7.17. The minimum atomic E-state index is -0.0458. The van der Waals surface area contributed by atoms with Crippen molar-refractivity contribution in [3.8, 4) is 0 Å². The predicted molar refractivity (Wildman–Crippen MR) is 77.8 cm³/mol. The first-order chi connectivity index (χ1) is 8.99. The quantitative estimate of drug-likeness (QED) is 0.879. The SMILES string of the molecule is CC(C)C(CN(C)C)NC1CCc2c(F)cccc21. The summed E-state index contributed by atoms with van der Waals surface area (Å²) >= 11 is 0. The molecule has 2 unspecified atom stereocenters. The molecule has 0 aliphatic heterocycles. The fraction of sp³-hybridized carbons (Fsp3) is 0.625. The summed E-state index contributed by atoms with van der Waals surface area (Å²) in [6.45, 7) is 5.49. The Kier molecular flexibility index (Phi) is 4.58. The zero-order valence-electron chi connectivity index (χ0n) is 12.4. The van der Waals surface area contributed by atoms with E-state index in [1.165, 1.54) is 0 Å². The maximum Gasteiger partial charge on any atom is 0.126 e. The fourth-order valence-electron chi connectivity index (χ4n) is 2.89. The summed E-state index contributed by atoms with van der Waals surface area (Å²) in [7, 11) is 4.19. The predicted octanol–water partition coefficient (Wildman–Crippen LogP) is 2.99. The van der Waals surface area contributed by atoms with E-state index in [1.54, 1.807) is 6.07 Å². The third kappa shape index (κ3) is 3.34. The number of fused-ring (bicyclic) bond motifs is 1. The average Bonchev–Trinajstić information content (AvgIpc) is 2.72. The zero-order valence-corrected chi connectivity index (χ0v) is 12.4. The number of benzene rings is 1. The molecule has 0 aromatic heterocycles. The van der Waals surface area contributed by atoms with E-state index < -0.39 is 0 Å². The topological polar surface area (TPSA) is 15.3 Å². The smallest absolute Gasteiger partial charge is 0.126 e. The lowest BCUT2D eigenvalue weighted by Crippen LogP contribution is -2.43. The van der Waals surface area contributed by atoms with Crippen LogP contribution in [0.1, 0.15) is 37.4 Å². The Balaban J connectivity index is 2.11. The van der Waals surface area contributed by atoms with Gasteiger partial charge in [-0.2, -0.15) is 0 Å². The van der Waals surface area contributed by atoms with E-state index in [0.29, 0.717) is 18.0 Å². The van der Waals surface area contributed by atoms with Crippen LogP contribution in [0.25, 0.3) is 0 Å². The van der Waals surface area contributed by atoms with Crippen molar-refractivity contribution in [3.63, 3.8) is 0 Å². The van der Waals surface area contributed by atoms with Gasteiger partial charge in [-0.3, -0.25) is 0 Å². The zero-order chi connectivity index (χ0) is 14.0. The van der Waals surface area contributed by atoms with Gasteiger partial charge >= 0.3 is 0 Å². The first-order valence-electron chi connectivity index (χ1n) is 7.17. The molecule has 0 spiro atoms. The van der Waals surface area contributed by atoms with Crippen LogP contribution in [-0.2, 0) is 6.42 Å². The van der Waals surface area contributed by atoms with Crippen LogP contribution in [0.4, 0.5) is 4.39 Å². The number of nitrogens with one attached hydrogen (secondary N) is 1. The van der Waals surface area contributed by atoms with Gasteiger partial charge < -0.3 is 10.2 Å². The van der Waals surface area contributed by atoms with Crippen molar-refractivity contribution in [2.75, 3.05) is 20.6 Å². The molecule has 2 rings (SSSR count). The van der Waals surface area contributed by atoms with E-state index in [1.807, 2.05) is 6.07 Å². The maximum absolute atomic E-state index is 13.7. The van der Waals surface area contributed by atoms with Gasteiger partial charge in [0.25, 0.3) is 0 Å². The molecule has 1 N–H and O–H groups in total. The number of rotatable bonds is 5. The second-order valence-corrected chi connectivity index (χ2v) is 6.18. The molecule has 19 heavy (non-hydrogen) atoms. The molecule has 1 aliphatic rings. The van der Waals surface area contributed by atoms with Crippen molar-refractivity contribution in [1.29, 1.82) is 0 Å². The van der Waals surface area contributed by atoms with Crippen LogP contribution in [-0.4, -0.2) is 31.6 Å². The highest BCUT2D eigenvalue weighted by atomic mass is 19.1. The van der Waals surface area contributed by atoms with Crippen molar-refractivity contribution in [2.24, 2.45) is 5.92 Å². The molecule has 0 fully saturated rings. The molecule has 1 aromatic rings. The number of nitrogens with zero attached hydrogens (tertiary/aromatic N) is 1. The molecular formula is C16H25FN2. The molecule has 0 amide bonds. The first kappa shape index (κ1) is 14.5. The molecule has 0 saturated carbocycles.